The number of carbonyl (C=O) groups is 2. The number of aliphatic carboxylic acids is 1. The first kappa shape index (κ1) is 15.8. The summed E-state index contributed by atoms with van der Waals surface area (Å²) in [4.78, 5) is 25.7. The topological polar surface area (TPSA) is 57.6 Å². The molecule has 1 fully saturated rings. The molecule has 1 amide bonds. The van der Waals surface area contributed by atoms with Crippen molar-refractivity contribution in [3.63, 3.8) is 0 Å². The SMILES string of the molecule is CSc1cc(C(=O)N2CC(C(=O)O)CCC2C)ccc1F. The minimum Gasteiger partial charge on any atom is -0.481 e. The third-order valence-electron chi connectivity index (χ3n) is 3.89. The smallest absolute Gasteiger partial charge is 0.308 e. The molecule has 0 bridgehead atoms. The first-order valence-electron chi connectivity index (χ1n) is 6.81. The first-order chi connectivity index (χ1) is 9.93. The zero-order chi connectivity index (χ0) is 15.6. The van der Waals surface area contributed by atoms with E-state index in [1.54, 1.807) is 11.2 Å². The molecule has 114 valence electrons. The third kappa shape index (κ3) is 3.37. The van der Waals surface area contributed by atoms with Crippen LogP contribution in [0.5, 0.6) is 0 Å². The van der Waals surface area contributed by atoms with Crippen molar-refractivity contribution in [1.82, 2.24) is 4.90 Å². The summed E-state index contributed by atoms with van der Waals surface area (Å²) in [6.07, 6.45) is 3.00. The van der Waals surface area contributed by atoms with Crippen LogP contribution in [0.3, 0.4) is 0 Å². The van der Waals surface area contributed by atoms with E-state index in [2.05, 4.69) is 0 Å². The number of benzene rings is 1. The lowest BCUT2D eigenvalue weighted by molar-refractivity contribution is -0.143. The van der Waals surface area contributed by atoms with E-state index in [1.807, 2.05) is 6.92 Å². The standard InChI is InChI=1S/C15H18FNO3S/c1-9-3-4-11(15(19)20)8-17(9)14(18)10-5-6-12(16)13(7-10)21-2/h5-7,9,11H,3-4,8H2,1-2H3,(H,19,20). The molecule has 1 aromatic rings. The van der Waals surface area contributed by atoms with E-state index in [0.29, 0.717) is 23.3 Å². The minimum atomic E-state index is -0.872. The number of carboxylic acid groups (broad SMARTS) is 1. The highest BCUT2D eigenvalue weighted by Gasteiger charge is 2.33. The lowest BCUT2D eigenvalue weighted by Crippen LogP contribution is -2.47. The van der Waals surface area contributed by atoms with E-state index in [9.17, 15) is 14.0 Å². The molecule has 1 aromatic carbocycles. The monoisotopic (exact) mass is 311 g/mol. The van der Waals surface area contributed by atoms with Crippen LogP contribution in [0.4, 0.5) is 4.39 Å². The van der Waals surface area contributed by atoms with E-state index in [-0.39, 0.29) is 24.3 Å². The van der Waals surface area contributed by atoms with Crippen molar-refractivity contribution in [3.8, 4) is 0 Å². The number of hydrogen-bond acceptors (Lipinski definition) is 3. The van der Waals surface area contributed by atoms with Crippen molar-refractivity contribution in [2.45, 2.75) is 30.7 Å². The Hall–Kier alpha value is -1.56. The molecule has 21 heavy (non-hydrogen) atoms. The van der Waals surface area contributed by atoms with E-state index >= 15 is 0 Å². The highest BCUT2D eigenvalue weighted by atomic mass is 32.2. The Labute approximate surface area is 127 Å². The van der Waals surface area contributed by atoms with Gasteiger partial charge in [-0.2, -0.15) is 0 Å². The maximum absolute atomic E-state index is 13.5. The molecule has 1 aliphatic rings. The van der Waals surface area contributed by atoms with Crippen molar-refractivity contribution in [1.29, 1.82) is 0 Å². The lowest BCUT2D eigenvalue weighted by Gasteiger charge is -2.36. The number of nitrogens with zero attached hydrogens (tertiary/aromatic N) is 1. The molecule has 1 aliphatic heterocycles. The average molecular weight is 311 g/mol. The summed E-state index contributed by atoms with van der Waals surface area (Å²) in [5.74, 6) is -1.98. The summed E-state index contributed by atoms with van der Waals surface area (Å²) < 4.78 is 13.5. The van der Waals surface area contributed by atoms with Gasteiger partial charge in [0.15, 0.2) is 0 Å². The van der Waals surface area contributed by atoms with Crippen LogP contribution in [0.15, 0.2) is 23.1 Å². The fourth-order valence-corrected chi connectivity index (χ4v) is 3.06. The number of hydrogen-bond donors (Lipinski definition) is 1. The lowest BCUT2D eigenvalue weighted by atomic mass is 9.93. The minimum absolute atomic E-state index is 0.00381. The summed E-state index contributed by atoms with van der Waals surface area (Å²) in [5, 5.41) is 9.12. The summed E-state index contributed by atoms with van der Waals surface area (Å²) in [5.41, 5.74) is 0.402. The number of amides is 1. The Bertz CT molecular complexity index is 564. The number of carboxylic acids is 1. The van der Waals surface area contributed by atoms with Gasteiger partial charge in [-0.15, -0.1) is 11.8 Å². The second kappa shape index (κ2) is 6.47. The Balaban J connectivity index is 2.23. The van der Waals surface area contributed by atoms with Crippen LogP contribution >= 0.6 is 11.8 Å². The van der Waals surface area contributed by atoms with Gasteiger partial charge in [-0.1, -0.05) is 0 Å². The highest BCUT2D eigenvalue weighted by molar-refractivity contribution is 7.98. The molecular formula is C15H18FNO3S. The summed E-state index contributed by atoms with van der Waals surface area (Å²) in [6, 6.07) is 4.26. The maximum Gasteiger partial charge on any atom is 0.308 e. The summed E-state index contributed by atoms with van der Waals surface area (Å²) in [7, 11) is 0. The number of piperidine rings is 1. The van der Waals surface area contributed by atoms with Crippen LogP contribution in [-0.4, -0.2) is 40.7 Å². The molecule has 2 unspecified atom stereocenters. The number of carbonyl (C=O) groups excluding carboxylic acids is 1. The van der Waals surface area contributed by atoms with Gasteiger partial charge >= 0.3 is 5.97 Å². The number of rotatable bonds is 3. The number of likely N-dealkylation sites (tertiary alicyclic amines) is 1. The fourth-order valence-electron chi connectivity index (χ4n) is 2.55. The molecule has 1 saturated heterocycles. The van der Waals surface area contributed by atoms with Crippen LogP contribution in [0.25, 0.3) is 0 Å². The van der Waals surface area contributed by atoms with Crippen molar-refractivity contribution >= 4 is 23.6 Å². The second-order valence-corrected chi connectivity index (χ2v) is 6.12. The van der Waals surface area contributed by atoms with Crippen molar-refractivity contribution < 1.29 is 19.1 Å². The average Bonchev–Trinajstić information content (AvgIpc) is 2.47. The largest absolute Gasteiger partial charge is 0.481 e. The Kier molecular flexibility index (Phi) is 4.88. The molecule has 1 N–H and O–H groups in total. The highest BCUT2D eigenvalue weighted by Crippen LogP contribution is 2.26. The van der Waals surface area contributed by atoms with Crippen molar-refractivity contribution in [2.75, 3.05) is 12.8 Å². The first-order valence-corrected chi connectivity index (χ1v) is 8.03. The van der Waals surface area contributed by atoms with Crippen LogP contribution in [0.1, 0.15) is 30.1 Å². The molecule has 0 aromatic heterocycles. The van der Waals surface area contributed by atoms with Gasteiger partial charge in [0.1, 0.15) is 5.82 Å². The molecule has 2 atom stereocenters. The second-order valence-electron chi connectivity index (χ2n) is 5.27. The van der Waals surface area contributed by atoms with Crippen LogP contribution < -0.4 is 0 Å². The van der Waals surface area contributed by atoms with E-state index in [0.717, 1.165) is 0 Å². The fraction of sp³-hybridized carbons (Fsp3) is 0.467. The zero-order valence-corrected chi connectivity index (χ0v) is 12.8. The van der Waals surface area contributed by atoms with Crippen LogP contribution in [0, 0.1) is 11.7 Å². The van der Waals surface area contributed by atoms with Gasteiger partial charge in [0.2, 0.25) is 0 Å². The van der Waals surface area contributed by atoms with Gasteiger partial charge in [0, 0.05) is 23.0 Å². The van der Waals surface area contributed by atoms with Gasteiger partial charge in [-0.3, -0.25) is 9.59 Å². The van der Waals surface area contributed by atoms with Gasteiger partial charge in [-0.05, 0) is 44.2 Å². The molecule has 0 spiro atoms. The molecular weight excluding hydrogens is 293 g/mol. The predicted molar refractivity (Wildman–Crippen MR) is 79.0 cm³/mol. The van der Waals surface area contributed by atoms with E-state index < -0.39 is 11.9 Å². The number of halogens is 1. The van der Waals surface area contributed by atoms with Crippen molar-refractivity contribution in [3.05, 3.63) is 29.6 Å². The molecule has 6 heteroatoms. The Morgan fingerprint density at radius 1 is 1.38 bits per heavy atom. The zero-order valence-electron chi connectivity index (χ0n) is 12.0. The summed E-state index contributed by atoms with van der Waals surface area (Å²) >= 11 is 1.24. The molecule has 0 saturated carbocycles. The van der Waals surface area contributed by atoms with Gasteiger partial charge in [0.25, 0.3) is 5.91 Å². The molecule has 0 radical (unpaired) electrons. The van der Waals surface area contributed by atoms with Gasteiger partial charge in [-0.25, -0.2) is 4.39 Å². The molecule has 0 aliphatic carbocycles. The van der Waals surface area contributed by atoms with E-state index in [1.165, 1.54) is 30.0 Å². The normalized spacial score (nSPS) is 22.1. The molecule has 2 rings (SSSR count). The predicted octanol–water partition coefficient (Wildman–Crippen LogP) is 2.87. The quantitative estimate of drug-likeness (QED) is 0.872. The maximum atomic E-state index is 13.5. The van der Waals surface area contributed by atoms with Crippen LogP contribution in [-0.2, 0) is 4.79 Å². The van der Waals surface area contributed by atoms with Gasteiger partial charge < -0.3 is 10.0 Å². The van der Waals surface area contributed by atoms with Crippen LogP contribution in [0.2, 0.25) is 0 Å². The molecule has 4 nitrogen and oxygen atoms in total. The molecule has 1 heterocycles. The van der Waals surface area contributed by atoms with E-state index in [4.69, 9.17) is 5.11 Å². The Morgan fingerprint density at radius 3 is 2.71 bits per heavy atom. The Morgan fingerprint density at radius 2 is 2.10 bits per heavy atom. The third-order valence-corrected chi connectivity index (χ3v) is 4.64. The van der Waals surface area contributed by atoms with Crippen molar-refractivity contribution in [2.24, 2.45) is 5.92 Å². The summed E-state index contributed by atoms with van der Waals surface area (Å²) in [6.45, 7) is 2.12. The number of thioether (sulfide) groups is 1. The van der Waals surface area contributed by atoms with Gasteiger partial charge in [0.05, 0.1) is 5.92 Å².